The first-order valence-electron chi connectivity index (χ1n) is 10.6. The lowest BCUT2D eigenvalue weighted by molar-refractivity contribution is -0.0596. The number of halogens is 2. The standard InChI is InChI=1S/C24H18ClFN4O5/c25-24-27-11-16-20(29-24)30(13-28-16)21-19(35-23(32)15-9-5-2-6-10-15)18(26)17(34-21)12-33-22(31)14-7-3-1-4-8-14/h1-11,13,17-19,21H,12H2/t17-,18-,19-,21-/m1/s1. The SMILES string of the molecule is O=C(OC[C@H]1O[C@@H](n2cnc3cnc(Cl)nc32)[C@H](OC(=O)c2ccccc2)[C@@H]1F)c1ccccc1. The first kappa shape index (κ1) is 22.9. The zero-order valence-corrected chi connectivity index (χ0v) is 18.8. The number of rotatable bonds is 6. The van der Waals surface area contributed by atoms with Crippen LogP contribution < -0.4 is 0 Å². The topological polar surface area (TPSA) is 105 Å². The summed E-state index contributed by atoms with van der Waals surface area (Å²) in [6.45, 7) is -0.396. The van der Waals surface area contributed by atoms with Gasteiger partial charge in [-0.2, -0.15) is 4.98 Å². The van der Waals surface area contributed by atoms with Crippen LogP contribution in [0.3, 0.4) is 0 Å². The number of nitrogens with zero attached hydrogens (tertiary/aromatic N) is 4. The van der Waals surface area contributed by atoms with Gasteiger partial charge in [0.05, 0.1) is 23.7 Å². The van der Waals surface area contributed by atoms with Crippen LogP contribution in [0.25, 0.3) is 11.2 Å². The molecule has 2 aromatic carbocycles. The van der Waals surface area contributed by atoms with Crippen molar-refractivity contribution < 1.29 is 28.2 Å². The van der Waals surface area contributed by atoms with Crippen molar-refractivity contribution in [2.24, 2.45) is 0 Å². The van der Waals surface area contributed by atoms with Gasteiger partial charge in [0.2, 0.25) is 5.28 Å². The molecule has 35 heavy (non-hydrogen) atoms. The van der Waals surface area contributed by atoms with E-state index < -0.39 is 43.2 Å². The number of carbonyl (C=O) groups excluding carboxylic acids is 2. The molecule has 11 heteroatoms. The molecular weight excluding hydrogens is 479 g/mol. The molecule has 0 spiro atoms. The van der Waals surface area contributed by atoms with Crippen molar-refractivity contribution in [1.82, 2.24) is 19.5 Å². The monoisotopic (exact) mass is 496 g/mol. The van der Waals surface area contributed by atoms with Gasteiger partial charge in [-0.1, -0.05) is 36.4 Å². The predicted octanol–water partition coefficient (Wildman–Crippen LogP) is 3.80. The second-order valence-electron chi connectivity index (χ2n) is 7.71. The molecule has 1 saturated heterocycles. The van der Waals surface area contributed by atoms with E-state index in [1.807, 2.05) is 0 Å². The summed E-state index contributed by atoms with van der Waals surface area (Å²) in [4.78, 5) is 37.3. The van der Waals surface area contributed by atoms with Crippen LogP contribution in [0.2, 0.25) is 5.28 Å². The maximum absolute atomic E-state index is 15.6. The molecule has 1 fully saturated rings. The van der Waals surface area contributed by atoms with Gasteiger partial charge in [-0.25, -0.2) is 23.9 Å². The van der Waals surface area contributed by atoms with Crippen LogP contribution in [0, 0.1) is 0 Å². The van der Waals surface area contributed by atoms with Crippen molar-refractivity contribution in [1.29, 1.82) is 0 Å². The minimum atomic E-state index is -1.81. The Kier molecular flexibility index (Phi) is 6.39. The van der Waals surface area contributed by atoms with Gasteiger partial charge in [0.15, 0.2) is 24.2 Å². The highest BCUT2D eigenvalue weighted by molar-refractivity contribution is 6.28. The van der Waals surface area contributed by atoms with E-state index in [4.69, 9.17) is 25.8 Å². The van der Waals surface area contributed by atoms with Crippen molar-refractivity contribution in [3.05, 3.63) is 89.6 Å². The molecule has 0 bridgehead atoms. The van der Waals surface area contributed by atoms with Crippen molar-refractivity contribution in [3.63, 3.8) is 0 Å². The lowest BCUT2D eigenvalue weighted by atomic mass is 10.1. The molecule has 2 aromatic heterocycles. The number of benzene rings is 2. The molecule has 0 amide bonds. The number of hydrogen-bond donors (Lipinski definition) is 0. The van der Waals surface area contributed by atoms with Crippen LogP contribution in [0.1, 0.15) is 26.9 Å². The number of fused-ring (bicyclic) bond motifs is 1. The molecule has 4 aromatic rings. The minimum Gasteiger partial charge on any atom is -0.459 e. The minimum absolute atomic E-state index is 0.0415. The quantitative estimate of drug-likeness (QED) is 0.293. The van der Waals surface area contributed by atoms with Gasteiger partial charge in [0.25, 0.3) is 0 Å². The summed E-state index contributed by atoms with van der Waals surface area (Å²) in [5.74, 6) is -1.36. The van der Waals surface area contributed by atoms with Gasteiger partial charge in [-0.15, -0.1) is 0 Å². The van der Waals surface area contributed by atoms with E-state index in [0.717, 1.165) is 0 Å². The largest absolute Gasteiger partial charge is 0.459 e. The average molecular weight is 497 g/mol. The number of ether oxygens (including phenoxy) is 3. The number of alkyl halides is 1. The lowest BCUT2D eigenvalue weighted by Crippen LogP contribution is -2.34. The Morgan fingerprint density at radius 2 is 1.66 bits per heavy atom. The zero-order valence-electron chi connectivity index (χ0n) is 18.0. The molecule has 0 radical (unpaired) electrons. The molecule has 0 saturated carbocycles. The number of aromatic nitrogens is 4. The summed E-state index contributed by atoms with van der Waals surface area (Å²) in [6.07, 6.45) is -2.77. The van der Waals surface area contributed by atoms with Gasteiger partial charge in [-0.3, -0.25) is 4.57 Å². The summed E-state index contributed by atoms with van der Waals surface area (Å²) in [5.41, 5.74) is 1.22. The first-order chi connectivity index (χ1) is 17.0. The van der Waals surface area contributed by atoms with Crippen molar-refractivity contribution in [2.45, 2.75) is 24.6 Å². The summed E-state index contributed by atoms with van der Waals surface area (Å²) in [6, 6.07) is 16.5. The molecule has 1 aliphatic heterocycles. The molecule has 0 unspecified atom stereocenters. The maximum atomic E-state index is 15.6. The van der Waals surface area contributed by atoms with Crippen molar-refractivity contribution in [2.75, 3.05) is 6.61 Å². The van der Waals surface area contributed by atoms with E-state index in [2.05, 4.69) is 15.0 Å². The first-order valence-corrected chi connectivity index (χ1v) is 11.0. The molecular formula is C24H18ClFN4O5. The van der Waals surface area contributed by atoms with Gasteiger partial charge in [0, 0.05) is 0 Å². The van der Waals surface area contributed by atoms with Crippen LogP contribution in [0.5, 0.6) is 0 Å². The molecule has 5 rings (SSSR count). The van der Waals surface area contributed by atoms with E-state index in [0.29, 0.717) is 11.1 Å². The van der Waals surface area contributed by atoms with Crippen LogP contribution >= 0.6 is 11.6 Å². The van der Waals surface area contributed by atoms with E-state index >= 15 is 4.39 Å². The van der Waals surface area contributed by atoms with Crippen molar-refractivity contribution in [3.8, 4) is 0 Å². The average Bonchev–Trinajstić information content (AvgIpc) is 3.43. The second kappa shape index (κ2) is 9.77. The fourth-order valence-electron chi connectivity index (χ4n) is 3.75. The molecule has 9 nitrogen and oxygen atoms in total. The Morgan fingerprint density at radius 3 is 2.34 bits per heavy atom. The summed E-state index contributed by atoms with van der Waals surface area (Å²) in [5, 5.41) is -0.0415. The number of carbonyl (C=O) groups is 2. The Balaban J connectivity index is 1.41. The predicted molar refractivity (Wildman–Crippen MR) is 122 cm³/mol. The number of imidazole rings is 1. The van der Waals surface area contributed by atoms with E-state index in [1.54, 1.807) is 60.7 Å². The van der Waals surface area contributed by atoms with Crippen molar-refractivity contribution >= 4 is 34.7 Å². The third-order valence-corrected chi connectivity index (χ3v) is 5.65. The number of esters is 2. The molecule has 4 atom stereocenters. The Morgan fingerprint density at radius 1 is 1.00 bits per heavy atom. The number of hydrogen-bond acceptors (Lipinski definition) is 8. The van der Waals surface area contributed by atoms with E-state index in [-0.39, 0.29) is 16.5 Å². The molecule has 3 heterocycles. The van der Waals surface area contributed by atoms with Gasteiger partial charge < -0.3 is 14.2 Å². The van der Waals surface area contributed by atoms with Crippen LogP contribution in [-0.4, -0.2) is 56.4 Å². The third kappa shape index (κ3) is 4.71. The zero-order chi connectivity index (χ0) is 24.4. The molecule has 0 aliphatic carbocycles. The third-order valence-electron chi connectivity index (χ3n) is 5.47. The Labute approximate surface area is 203 Å². The summed E-state index contributed by atoms with van der Waals surface area (Å²) in [7, 11) is 0. The summed E-state index contributed by atoms with van der Waals surface area (Å²) >= 11 is 5.93. The second-order valence-corrected chi connectivity index (χ2v) is 8.05. The lowest BCUT2D eigenvalue weighted by Gasteiger charge is -2.21. The smallest absolute Gasteiger partial charge is 0.338 e. The normalized spacial score (nSPS) is 21.7. The maximum Gasteiger partial charge on any atom is 0.338 e. The molecule has 178 valence electrons. The fourth-order valence-corrected chi connectivity index (χ4v) is 3.88. The van der Waals surface area contributed by atoms with Gasteiger partial charge >= 0.3 is 11.9 Å². The molecule has 0 N–H and O–H groups in total. The van der Waals surface area contributed by atoms with Gasteiger partial charge in [-0.05, 0) is 35.9 Å². The molecule has 1 aliphatic rings. The van der Waals surface area contributed by atoms with Crippen LogP contribution in [0.4, 0.5) is 4.39 Å². The summed E-state index contributed by atoms with van der Waals surface area (Å²) < 4.78 is 33.7. The van der Waals surface area contributed by atoms with Crippen LogP contribution in [0.15, 0.2) is 73.2 Å². The highest BCUT2D eigenvalue weighted by Crippen LogP contribution is 2.36. The Hall–Kier alpha value is -3.89. The Bertz CT molecular complexity index is 1350. The van der Waals surface area contributed by atoms with E-state index in [9.17, 15) is 9.59 Å². The van der Waals surface area contributed by atoms with Crippen LogP contribution in [-0.2, 0) is 14.2 Å². The highest BCUT2D eigenvalue weighted by Gasteiger charge is 2.49. The van der Waals surface area contributed by atoms with Gasteiger partial charge in [0.1, 0.15) is 18.2 Å². The highest BCUT2D eigenvalue weighted by atomic mass is 35.5. The fraction of sp³-hybridized carbons (Fsp3) is 0.208. The van der Waals surface area contributed by atoms with E-state index in [1.165, 1.54) is 17.1 Å².